The molecule has 1 fully saturated rings. The van der Waals surface area contributed by atoms with Gasteiger partial charge >= 0.3 is 0 Å². The molecule has 0 spiro atoms. The van der Waals surface area contributed by atoms with Crippen LogP contribution in [-0.2, 0) is 6.42 Å². The number of benzene rings is 1. The molecule has 2 unspecified atom stereocenters. The molecule has 1 N–H and O–H groups in total. The first-order valence-corrected chi connectivity index (χ1v) is 8.64. The molecule has 2 nitrogen and oxygen atoms in total. The third-order valence-electron chi connectivity index (χ3n) is 4.91. The number of rotatable bonds is 1. The van der Waals surface area contributed by atoms with Crippen molar-refractivity contribution in [3.8, 4) is 0 Å². The standard InChI is InChI=1S/C16H22N2S/c1-2-11-8-12-13-10-17-5-4-14(13)18-6-3-7-19-15(9-11)16(12)18/h8-9,13-14,17H,2-7,10H2,1H3. The fourth-order valence-corrected chi connectivity index (χ4v) is 5.09. The Morgan fingerprint density at radius 2 is 2.37 bits per heavy atom. The highest BCUT2D eigenvalue weighted by Gasteiger charge is 2.41. The van der Waals surface area contributed by atoms with Gasteiger partial charge in [0.15, 0.2) is 0 Å². The molecule has 1 aromatic rings. The SMILES string of the molecule is CCc1cc2c3c(c1)C1CNCCC1N3CCCS2. The van der Waals surface area contributed by atoms with Crippen LogP contribution >= 0.6 is 11.8 Å². The molecule has 0 radical (unpaired) electrons. The zero-order valence-corrected chi connectivity index (χ0v) is 12.4. The normalized spacial score (nSPS) is 28.8. The molecule has 1 saturated heterocycles. The molecule has 3 heterocycles. The Balaban J connectivity index is 1.88. The van der Waals surface area contributed by atoms with E-state index in [9.17, 15) is 0 Å². The summed E-state index contributed by atoms with van der Waals surface area (Å²) in [6.45, 7) is 5.90. The average Bonchev–Trinajstić information content (AvgIpc) is 2.63. The third kappa shape index (κ3) is 1.82. The van der Waals surface area contributed by atoms with Crippen molar-refractivity contribution in [1.29, 1.82) is 0 Å². The largest absolute Gasteiger partial charge is 0.367 e. The van der Waals surface area contributed by atoms with Crippen LogP contribution in [0.4, 0.5) is 5.69 Å². The van der Waals surface area contributed by atoms with E-state index in [4.69, 9.17) is 0 Å². The van der Waals surface area contributed by atoms with Gasteiger partial charge in [-0.3, -0.25) is 0 Å². The summed E-state index contributed by atoms with van der Waals surface area (Å²) in [4.78, 5) is 4.30. The molecule has 3 aliphatic rings. The number of hydrogen-bond acceptors (Lipinski definition) is 3. The van der Waals surface area contributed by atoms with E-state index in [2.05, 4.69) is 41.0 Å². The quantitative estimate of drug-likeness (QED) is 0.847. The van der Waals surface area contributed by atoms with Gasteiger partial charge in [0.2, 0.25) is 0 Å². The number of hydrogen-bond donors (Lipinski definition) is 1. The number of nitrogens with zero attached hydrogens (tertiary/aromatic N) is 1. The van der Waals surface area contributed by atoms with Crippen molar-refractivity contribution in [2.75, 3.05) is 30.3 Å². The number of fused-ring (bicyclic) bond motifs is 3. The summed E-state index contributed by atoms with van der Waals surface area (Å²) in [6, 6.07) is 5.71. The monoisotopic (exact) mass is 274 g/mol. The van der Waals surface area contributed by atoms with Crippen LogP contribution in [0.2, 0.25) is 0 Å². The van der Waals surface area contributed by atoms with Crippen molar-refractivity contribution in [2.24, 2.45) is 0 Å². The minimum atomic E-state index is 0.729. The van der Waals surface area contributed by atoms with Crippen LogP contribution in [0.3, 0.4) is 0 Å². The highest BCUT2D eigenvalue weighted by atomic mass is 32.2. The molecule has 19 heavy (non-hydrogen) atoms. The zero-order chi connectivity index (χ0) is 12.8. The molecule has 3 aliphatic heterocycles. The van der Waals surface area contributed by atoms with Crippen LogP contribution in [0.25, 0.3) is 0 Å². The minimum absolute atomic E-state index is 0.729. The summed E-state index contributed by atoms with van der Waals surface area (Å²) in [5, 5.41) is 3.60. The lowest BCUT2D eigenvalue weighted by Gasteiger charge is -2.33. The Bertz CT molecular complexity index is 500. The van der Waals surface area contributed by atoms with E-state index in [0.717, 1.165) is 18.4 Å². The van der Waals surface area contributed by atoms with Gasteiger partial charge in [0.1, 0.15) is 0 Å². The van der Waals surface area contributed by atoms with Crippen molar-refractivity contribution >= 4 is 17.4 Å². The van der Waals surface area contributed by atoms with Gasteiger partial charge in [-0.05, 0) is 48.8 Å². The lowest BCUT2D eigenvalue weighted by Crippen LogP contribution is -2.44. The van der Waals surface area contributed by atoms with Gasteiger partial charge in [-0.25, -0.2) is 0 Å². The highest BCUT2D eigenvalue weighted by Crippen LogP contribution is 2.49. The average molecular weight is 274 g/mol. The van der Waals surface area contributed by atoms with Gasteiger partial charge < -0.3 is 10.2 Å². The van der Waals surface area contributed by atoms with Gasteiger partial charge in [-0.2, -0.15) is 0 Å². The van der Waals surface area contributed by atoms with Crippen molar-refractivity contribution in [3.63, 3.8) is 0 Å². The summed E-state index contributed by atoms with van der Waals surface area (Å²) >= 11 is 2.08. The third-order valence-corrected chi connectivity index (χ3v) is 6.02. The predicted octanol–water partition coefficient (Wildman–Crippen LogP) is 3.01. The minimum Gasteiger partial charge on any atom is -0.367 e. The van der Waals surface area contributed by atoms with E-state index < -0.39 is 0 Å². The molecule has 0 bridgehead atoms. The van der Waals surface area contributed by atoms with Crippen molar-refractivity contribution in [2.45, 2.75) is 43.0 Å². The molecule has 4 rings (SSSR count). The van der Waals surface area contributed by atoms with Gasteiger partial charge in [0.25, 0.3) is 0 Å². The van der Waals surface area contributed by atoms with E-state index in [1.165, 1.54) is 43.8 Å². The molecule has 0 aliphatic carbocycles. The smallest absolute Gasteiger partial charge is 0.0543 e. The fourth-order valence-electron chi connectivity index (χ4n) is 3.99. The molecule has 102 valence electrons. The molecule has 3 heteroatoms. The van der Waals surface area contributed by atoms with E-state index in [0.29, 0.717) is 0 Å². The van der Waals surface area contributed by atoms with Crippen LogP contribution in [0.1, 0.15) is 36.8 Å². The summed E-state index contributed by atoms with van der Waals surface area (Å²) < 4.78 is 0. The van der Waals surface area contributed by atoms with Crippen LogP contribution in [-0.4, -0.2) is 31.4 Å². The summed E-state index contributed by atoms with van der Waals surface area (Å²) in [7, 11) is 0. The van der Waals surface area contributed by atoms with Crippen LogP contribution in [0.15, 0.2) is 17.0 Å². The second kappa shape index (κ2) is 4.71. The topological polar surface area (TPSA) is 15.3 Å². The summed E-state index contributed by atoms with van der Waals surface area (Å²) in [5.41, 5.74) is 4.76. The van der Waals surface area contributed by atoms with Crippen LogP contribution < -0.4 is 10.2 Å². The Morgan fingerprint density at radius 1 is 1.42 bits per heavy atom. The fraction of sp³-hybridized carbons (Fsp3) is 0.625. The van der Waals surface area contributed by atoms with Gasteiger partial charge in [-0.15, -0.1) is 11.8 Å². The summed E-state index contributed by atoms with van der Waals surface area (Å²) in [5.74, 6) is 2.01. The van der Waals surface area contributed by atoms with Gasteiger partial charge in [0.05, 0.1) is 5.69 Å². The first-order valence-electron chi connectivity index (χ1n) is 7.65. The predicted molar refractivity (Wildman–Crippen MR) is 82.5 cm³/mol. The maximum atomic E-state index is 3.60. The van der Waals surface area contributed by atoms with E-state index >= 15 is 0 Å². The van der Waals surface area contributed by atoms with Gasteiger partial charge in [-0.1, -0.05) is 13.0 Å². The molecule has 0 aromatic heterocycles. The molecular weight excluding hydrogens is 252 g/mol. The summed E-state index contributed by atoms with van der Waals surface area (Å²) in [6.07, 6.45) is 3.80. The first kappa shape index (κ1) is 12.1. The van der Waals surface area contributed by atoms with E-state index in [1.54, 1.807) is 16.1 Å². The van der Waals surface area contributed by atoms with Crippen molar-refractivity contribution in [1.82, 2.24) is 5.32 Å². The number of nitrogens with one attached hydrogen (secondary N) is 1. The highest BCUT2D eigenvalue weighted by molar-refractivity contribution is 7.99. The Labute approximate surface area is 119 Å². The van der Waals surface area contributed by atoms with Crippen LogP contribution in [0, 0.1) is 0 Å². The number of aryl methyl sites for hydroxylation is 1. The first-order chi connectivity index (χ1) is 9.38. The molecule has 2 atom stereocenters. The van der Waals surface area contributed by atoms with Crippen molar-refractivity contribution in [3.05, 3.63) is 23.3 Å². The molecular formula is C16H22N2S. The Morgan fingerprint density at radius 3 is 3.26 bits per heavy atom. The van der Waals surface area contributed by atoms with E-state index in [-0.39, 0.29) is 0 Å². The second-order valence-corrected chi connectivity index (χ2v) is 7.08. The number of anilines is 1. The zero-order valence-electron chi connectivity index (χ0n) is 11.6. The molecule has 0 amide bonds. The molecule has 1 aromatic carbocycles. The maximum absolute atomic E-state index is 3.60. The Hall–Kier alpha value is -0.670. The second-order valence-electron chi connectivity index (χ2n) is 5.95. The van der Waals surface area contributed by atoms with Crippen LogP contribution in [0.5, 0.6) is 0 Å². The number of piperidine rings is 1. The van der Waals surface area contributed by atoms with E-state index in [1.807, 2.05) is 0 Å². The molecule has 0 saturated carbocycles. The van der Waals surface area contributed by atoms with Gasteiger partial charge in [0, 0.05) is 29.9 Å². The lowest BCUT2D eigenvalue weighted by atomic mass is 9.89. The van der Waals surface area contributed by atoms with Crippen molar-refractivity contribution < 1.29 is 0 Å². The Kier molecular flexibility index (Phi) is 3.00. The maximum Gasteiger partial charge on any atom is 0.0543 e. The lowest BCUT2D eigenvalue weighted by molar-refractivity contribution is 0.403. The number of thioether (sulfide) groups is 1.